The third-order valence-electron chi connectivity index (χ3n) is 5.26. The van der Waals surface area contributed by atoms with Crippen molar-refractivity contribution in [3.8, 4) is 0 Å². The van der Waals surface area contributed by atoms with Gasteiger partial charge in [-0.2, -0.15) is 0 Å². The van der Waals surface area contributed by atoms with Crippen LogP contribution in [0.4, 0.5) is 11.4 Å². The van der Waals surface area contributed by atoms with Crippen LogP contribution < -0.4 is 9.80 Å². The van der Waals surface area contributed by atoms with E-state index >= 15 is 0 Å². The molecule has 0 saturated heterocycles. The summed E-state index contributed by atoms with van der Waals surface area (Å²) < 4.78 is 10.2. The Labute approximate surface area is 185 Å². The van der Waals surface area contributed by atoms with Crippen molar-refractivity contribution < 1.29 is 28.7 Å². The van der Waals surface area contributed by atoms with Crippen LogP contribution >= 0.6 is 0 Å². The fourth-order valence-electron chi connectivity index (χ4n) is 4.01. The van der Waals surface area contributed by atoms with Gasteiger partial charge in [0, 0.05) is 11.1 Å². The number of nitrogens with zero attached hydrogens (tertiary/aromatic N) is 2. The average molecular weight is 434 g/mol. The van der Waals surface area contributed by atoms with E-state index in [1.165, 1.54) is 9.80 Å². The van der Waals surface area contributed by atoms with E-state index in [2.05, 4.69) is 0 Å². The number of esters is 2. The van der Waals surface area contributed by atoms with Crippen LogP contribution in [0.15, 0.2) is 59.9 Å². The van der Waals surface area contributed by atoms with E-state index in [0.29, 0.717) is 22.5 Å². The largest absolute Gasteiger partial charge is 0.465 e. The first-order valence-corrected chi connectivity index (χ1v) is 10.4. The molecule has 0 bridgehead atoms. The number of rotatable bonds is 6. The zero-order valence-corrected chi connectivity index (χ0v) is 17.8. The first kappa shape index (κ1) is 21.3. The number of anilines is 2. The predicted octanol–water partition coefficient (Wildman–Crippen LogP) is 2.73. The van der Waals surface area contributed by atoms with Crippen molar-refractivity contribution in [1.29, 1.82) is 0 Å². The van der Waals surface area contributed by atoms with Gasteiger partial charge in [-0.25, -0.2) is 0 Å². The maximum atomic E-state index is 13.4. The van der Waals surface area contributed by atoms with Crippen LogP contribution in [0.2, 0.25) is 0 Å². The molecule has 0 spiro atoms. The first-order chi connectivity index (χ1) is 15.5. The molecule has 2 aliphatic rings. The van der Waals surface area contributed by atoms with E-state index in [-0.39, 0.29) is 37.7 Å². The summed E-state index contributed by atoms with van der Waals surface area (Å²) in [6, 6.07) is 13.6. The minimum absolute atomic E-state index is 0.0461. The van der Waals surface area contributed by atoms with Crippen molar-refractivity contribution >= 4 is 34.9 Å². The van der Waals surface area contributed by atoms with E-state index in [0.717, 1.165) is 0 Å². The van der Waals surface area contributed by atoms with Gasteiger partial charge in [-0.05, 0) is 38.1 Å². The Morgan fingerprint density at radius 1 is 0.688 bits per heavy atom. The lowest BCUT2D eigenvalue weighted by Crippen LogP contribution is -2.36. The van der Waals surface area contributed by atoms with Gasteiger partial charge in [0.25, 0.3) is 0 Å². The van der Waals surface area contributed by atoms with Crippen LogP contribution in [0.3, 0.4) is 0 Å². The number of carbonyl (C=O) groups excluding carboxylic acids is 4. The Morgan fingerprint density at radius 2 is 1.06 bits per heavy atom. The number of ketones is 2. The maximum Gasteiger partial charge on any atom is 0.325 e. The number of carbonyl (C=O) groups is 4. The molecule has 0 saturated carbocycles. The lowest BCUT2D eigenvalue weighted by atomic mass is 10.1. The number of Topliss-reactive ketones (excluding diaryl/α,β-unsaturated/α-hetero) is 2. The molecule has 2 heterocycles. The summed E-state index contributed by atoms with van der Waals surface area (Å²) >= 11 is 0. The third-order valence-corrected chi connectivity index (χ3v) is 5.26. The highest BCUT2D eigenvalue weighted by Crippen LogP contribution is 2.42. The Balaban J connectivity index is 1.89. The topological polar surface area (TPSA) is 93.2 Å². The highest BCUT2D eigenvalue weighted by molar-refractivity contribution is 6.28. The van der Waals surface area contributed by atoms with Gasteiger partial charge in [0.2, 0.25) is 11.6 Å². The van der Waals surface area contributed by atoms with Crippen molar-refractivity contribution in [3.05, 3.63) is 71.1 Å². The number of benzene rings is 2. The lowest BCUT2D eigenvalue weighted by molar-refractivity contribution is -0.142. The Kier molecular flexibility index (Phi) is 5.77. The molecule has 2 aromatic rings. The number of ether oxygens (including phenoxy) is 2. The van der Waals surface area contributed by atoms with Gasteiger partial charge < -0.3 is 19.3 Å². The molecular formula is C24H22N2O6. The molecule has 2 aliphatic heterocycles. The standard InChI is InChI=1S/C24H22N2O6/c1-3-31-19(27)13-25-17-11-7-5-9-15(17)23(29)21(25)22-24(30)16-10-6-8-12-18(16)26(22)14-20(28)32-4-2/h5-12H,3-4,13-14H2,1-2H3/b22-21+. The van der Waals surface area contributed by atoms with Crippen molar-refractivity contribution in [1.82, 2.24) is 0 Å². The number of para-hydroxylation sites is 2. The van der Waals surface area contributed by atoms with E-state index in [4.69, 9.17) is 9.47 Å². The zero-order valence-electron chi connectivity index (χ0n) is 17.8. The summed E-state index contributed by atoms with van der Waals surface area (Å²) in [5.74, 6) is -1.85. The molecule has 0 fully saturated rings. The summed E-state index contributed by atoms with van der Waals surface area (Å²) in [5, 5.41) is 0. The molecular weight excluding hydrogens is 412 g/mol. The minimum Gasteiger partial charge on any atom is -0.465 e. The van der Waals surface area contributed by atoms with Crippen LogP contribution in [0, 0.1) is 0 Å². The van der Waals surface area contributed by atoms with Crippen LogP contribution in [0.5, 0.6) is 0 Å². The summed E-state index contributed by atoms with van der Waals surface area (Å²) in [5.41, 5.74) is 1.86. The van der Waals surface area contributed by atoms with Crippen molar-refractivity contribution in [2.75, 3.05) is 36.1 Å². The molecule has 0 N–H and O–H groups in total. The SMILES string of the molecule is CCOC(=O)CN1/C(=C2\C(=O)c3ccccc3N2CC(=O)OCC)C(=O)c2ccccc21. The first-order valence-electron chi connectivity index (χ1n) is 10.4. The smallest absolute Gasteiger partial charge is 0.325 e. The normalized spacial score (nSPS) is 16.8. The molecule has 0 aliphatic carbocycles. The summed E-state index contributed by atoms with van der Waals surface area (Å²) in [7, 11) is 0. The van der Waals surface area contributed by atoms with Crippen molar-refractivity contribution in [2.24, 2.45) is 0 Å². The quantitative estimate of drug-likeness (QED) is 0.506. The van der Waals surface area contributed by atoms with E-state index in [1.807, 2.05) is 0 Å². The van der Waals surface area contributed by atoms with Gasteiger partial charge in [-0.15, -0.1) is 0 Å². The van der Waals surface area contributed by atoms with E-state index < -0.39 is 23.5 Å². The molecule has 4 rings (SSSR count). The number of hydrogen-bond acceptors (Lipinski definition) is 8. The molecule has 0 atom stereocenters. The van der Waals surface area contributed by atoms with Crippen molar-refractivity contribution in [3.63, 3.8) is 0 Å². The lowest BCUT2D eigenvalue weighted by Gasteiger charge is -2.25. The van der Waals surface area contributed by atoms with Gasteiger partial charge in [-0.1, -0.05) is 24.3 Å². The average Bonchev–Trinajstić information content (AvgIpc) is 3.20. The fourth-order valence-corrected chi connectivity index (χ4v) is 4.01. The number of fused-ring (bicyclic) bond motifs is 2. The van der Waals surface area contributed by atoms with Gasteiger partial charge >= 0.3 is 11.9 Å². The second-order valence-electron chi connectivity index (χ2n) is 7.17. The van der Waals surface area contributed by atoms with Crippen LogP contribution in [-0.4, -0.2) is 49.8 Å². The molecule has 164 valence electrons. The van der Waals surface area contributed by atoms with Gasteiger partial charge in [-0.3, -0.25) is 19.2 Å². The summed E-state index contributed by atoms with van der Waals surface area (Å²) in [4.78, 5) is 54.6. The number of allylic oxidation sites excluding steroid dienone is 2. The highest BCUT2D eigenvalue weighted by Gasteiger charge is 2.43. The zero-order chi connectivity index (χ0) is 22.8. The predicted molar refractivity (Wildman–Crippen MR) is 117 cm³/mol. The summed E-state index contributed by atoms with van der Waals surface area (Å²) in [6.45, 7) is 3.27. The molecule has 0 amide bonds. The fraction of sp³-hybridized carbons (Fsp3) is 0.250. The molecule has 8 nitrogen and oxygen atoms in total. The van der Waals surface area contributed by atoms with Gasteiger partial charge in [0.05, 0.1) is 24.6 Å². The van der Waals surface area contributed by atoms with Crippen LogP contribution in [0.25, 0.3) is 0 Å². The molecule has 0 radical (unpaired) electrons. The third kappa shape index (κ3) is 3.53. The molecule has 8 heteroatoms. The second kappa shape index (κ2) is 8.66. The monoisotopic (exact) mass is 434 g/mol. The highest BCUT2D eigenvalue weighted by atomic mass is 16.5. The molecule has 0 unspecified atom stereocenters. The van der Waals surface area contributed by atoms with Gasteiger partial charge in [0.15, 0.2) is 0 Å². The Hall–Kier alpha value is -3.94. The van der Waals surface area contributed by atoms with Crippen LogP contribution in [-0.2, 0) is 19.1 Å². The minimum atomic E-state index is -0.532. The van der Waals surface area contributed by atoms with Gasteiger partial charge in [0.1, 0.15) is 24.5 Å². The second-order valence-corrected chi connectivity index (χ2v) is 7.17. The van der Waals surface area contributed by atoms with E-state index in [1.54, 1.807) is 62.4 Å². The van der Waals surface area contributed by atoms with E-state index in [9.17, 15) is 19.2 Å². The van der Waals surface area contributed by atoms with Crippen LogP contribution in [0.1, 0.15) is 34.6 Å². The molecule has 2 aromatic carbocycles. The molecule has 32 heavy (non-hydrogen) atoms. The molecule has 0 aromatic heterocycles. The summed E-state index contributed by atoms with van der Waals surface area (Å²) in [6.07, 6.45) is 0. The van der Waals surface area contributed by atoms with Crippen molar-refractivity contribution in [2.45, 2.75) is 13.8 Å². The Morgan fingerprint density at radius 3 is 1.44 bits per heavy atom. The maximum absolute atomic E-state index is 13.4. The number of hydrogen-bond donors (Lipinski definition) is 0. The Bertz CT molecular complexity index is 1060.